The number of thiazole rings is 1. The van der Waals surface area contributed by atoms with Gasteiger partial charge in [0.25, 0.3) is 5.19 Å². The second-order valence-electron chi connectivity index (χ2n) is 8.80. The van der Waals surface area contributed by atoms with E-state index in [2.05, 4.69) is 59.4 Å². The van der Waals surface area contributed by atoms with E-state index in [0.29, 0.717) is 34.6 Å². The SMILES string of the molecule is CCc1ccc(OC)c(SNc2noc3cc(Oc4ncc(CNSC(C)(C)C)s4)cc(OC)c23)c1. The van der Waals surface area contributed by atoms with Crippen molar-refractivity contribution in [2.24, 2.45) is 0 Å². The van der Waals surface area contributed by atoms with Gasteiger partial charge in [0.05, 0.1) is 19.1 Å². The van der Waals surface area contributed by atoms with Gasteiger partial charge in [-0.2, -0.15) is 0 Å². The van der Waals surface area contributed by atoms with Crippen LogP contribution in [0.15, 0.2) is 45.9 Å². The summed E-state index contributed by atoms with van der Waals surface area (Å²) in [4.78, 5) is 6.44. The lowest BCUT2D eigenvalue weighted by atomic mass is 10.2. The Labute approximate surface area is 223 Å². The van der Waals surface area contributed by atoms with E-state index in [-0.39, 0.29) is 4.75 Å². The molecule has 2 N–H and O–H groups in total. The number of benzene rings is 2. The maximum atomic E-state index is 6.01. The van der Waals surface area contributed by atoms with Gasteiger partial charge < -0.3 is 23.5 Å². The summed E-state index contributed by atoms with van der Waals surface area (Å²) in [6.45, 7) is 9.33. The smallest absolute Gasteiger partial charge is 0.278 e. The summed E-state index contributed by atoms with van der Waals surface area (Å²) >= 11 is 4.59. The average molecular weight is 547 g/mol. The molecule has 0 unspecified atom stereocenters. The molecule has 0 saturated heterocycles. The standard InChI is InChI=1S/C25H30N4O4S3/c1-7-15-8-9-18(30-5)21(10-15)35-29-23-22-19(31-6)11-16(12-20(22)33-28-23)32-24-26-13-17(34-24)14-27-36-25(2,3)4/h8-13,27H,7,14H2,1-6H3,(H,28,29). The van der Waals surface area contributed by atoms with Crippen LogP contribution in [0.3, 0.4) is 0 Å². The summed E-state index contributed by atoms with van der Waals surface area (Å²) in [5, 5.41) is 5.49. The lowest BCUT2D eigenvalue weighted by Crippen LogP contribution is -2.16. The normalized spacial score (nSPS) is 11.6. The van der Waals surface area contributed by atoms with Crippen LogP contribution < -0.4 is 23.7 Å². The molecule has 2 aromatic heterocycles. The molecule has 4 aromatic rings. The molecule has 11 heteroatoms. The van der Waals surface area contributed by atoms with E-state index in [1.54, 1.807) is 32.2 Å². The molecule has 0 fully saturated rings. The Kier molecular flexibility index (Phi) is 8.55. The zero-order valence-electron chi connectivity index (χ0n) is 21.1. The molecule has 0 radical (unpaired) electrons. The van der Waals surface area contributed by atoms with Crippen LogP contribution in [0, 0.1) is 0 Å². The van der Waals surface area contributed by atoms with Crippen LogP contribution in [-0.2, 0) is 13.0 Å². The minimum absolute atomic E-state index is 0.144. The van der Waals surface area contributed by atoms with E-state index in [4.69, 9.17) is 18.7 Å². The van der Waals surface area contributed by atoms with Gasteiger partial charge in [0.1, 0.15) is 22.6 Å². The molecule has 4 rings (SSSR count). The van der Waals surface area contributed by atoms with Crippen LogP contribution in [0.1, 0.15) is 38.1 Å². The highest BCUT2D eigenvalue weighted by Crippen LogP contribution is 2.40. The molecule has 8 nitrogen and oxygen atoms in total. The van der Waals surface area contributed by atoms with Crippen molar-refractivity contribution in [2.45, 2.75) is 50.3 Å². The van der Waals surface area contributed by atoms with Crippen molar-refractivity contribution in [1.29, 1.82) is 0 Å². The Balaban J connectivity index is 1.49. The van der Waals surface area contributed by atoms with Gasteiger partial charge in [0.2, 0.25) is 0 Å². The number of nitrogens with zero attached hydrogens (tertiary/aromatic N) is 2. The fourth-order valence-corrected chi connectivity index (χ4v) is 5.55. The van der Waals surface area contributed by atoms with Gasteiger partial charge in [0, 0.05) is 34.5 Å². The molecule has 0 aliphatic carbocycles. The number of rotatable bonds is 11. The Hall–Kier alpha value is -2.60. The summed E-state index contributed by atoms with van der Waals surface area (Å²) in [5.74, 6) is 2.49. The van der Waals surface area contributed by atoms with Gasteiger partial charge in [-0.3, -0.25) is 4.72 Å². The van der Waals surface area contributed by atoms with Gasteiger partial charge in [0.15, 0.2) is 11.4 Å². The number of aryl methyl sites for hydroxylation is 1. The molecule has 192 valence electrons. The van der Waals surface area contributed by atoms with Crippen molar-refractivity contribution in [3.63, 3.8) is 0 Å². The second kappa shape index (κ2) is 11.6. The van der Waals surface area contributed by atoms with E-state index < -0.39 is 0 Å². The number of fused-ring (bicyclic) bond motifs is 1. The quantitative estimate of drug-likeness (QED) is 0.187. The third-order valence-electron chi connectivity index (χ3n) is 4.99. The predicted octanol–water partition coefficient (Wildman–Crippen LogP) is 7.31. The number of anilines is 1. The van der Waals surface area contributed by atoms with Crippen molar-refractivity contribution in [3.05, 3.63) is 47.0 Å². The number of nitrogens with one attached hydrogen (secondary N) is 2. The fraction of sp³-hybridized carbons (Fsp3) is 0.360. The van der Waals surface area contributed by atoms with Gasteiger partial charge in [-0.15, -0.1) is 0 Å². The van der Waals surface area contributed by atoms with Crippen molar-refractivity contribution in [1.82, 2.24) is 14.9 Å². The van der Waals surface area contributed by atoms with Crippen molar-refractivity contribution >= 4 is 52.0 Å². The van der Waals surface area contributed by atoms with Gasteiger partial charge in [-0.05, 0) is 56.8 Å². The summed E-state index contributed by atoms with van der Waals surface area (Å²) in [7, 11) is 3.27. The lowest BCUT2D eigenvalue weighted by Gasteiger charge is -2.17. The summed E-state index contributed by atoms with van der Waals surface area (Å²) in [6, 6.07) is 9.72. The first-order chi connectivity index (χ1) is 17.3. The Morgan fingerprint density at radius 1 is 1.08 bits per heavy atom. The van der Waals surface area contributed by atoms with E-state index in [0.717, 1.165) is 27.3 Å². The Bertz CT molecular complexity index is 1320. The van der Waals surface area contributed by atoms with Crippen LogP contribution in [0.4, 0.5) is 5.82 Å². The fourth-order valence-electron chi connectivity index (χ4n) is 3.27. The topological polar surface area (TPSA) is 90.7 Å². The molecule has 0 spiro atoms. The highest BCUT2D eigenvalue weighted by Gasteiger charge is 2.18. The lowest BCUT2D eigenvalue weighted by molar-refractivity contribution is 0.404. The number of hydrogen-bond donors (Lipinski definition) is 2. The monoisotopic (exact) mass is 546 g/mol. The first-order valence-electron chi connectivity index (χ1n) is 11.4. The number of aromatic nitrogens is 2. The van der Waals surface area contributed by atoms with Crippen molar-refractivity contribution in [3.8, 4) is 22.4 Å². The molecule has 0 aliphatic heterocycles. The van der Waals surface area contributed by atoms with E-state index in [1.165, 1.54) is 28.8 Å². The second-order valence-corrected chi connectivity index (χ2v) is 12.4. The van der Waals surface area contributed by atoms with Gasteiger partial charge >= 0.3 is 0 Å². The van der Waals surface area contributed by atoms with Crippen molar-refractivity contribution < 1.29 is 18.7 Å². The third-order valence-corrected chi connectivity index (χ3v) is 7.60. The maximum absolute atomic E-state index is 6.01. The number of hydrogen-bond acceptors (Lipinski definition) is 11. The van der Waals surface area contributed by atoms with Crippen molar-refractivity contribution in [2.75, 3.05) is 18.9 Å². The Morgan fingerprint density at radius 3 is 2.61 bits per heavy atom. The summed E-state index contributed by atoms with van der Waals surface area (Å²) < 4.78 is 29.6. The molecule has 0 bridgehead atoms. The molecule has 0 aliphatic rings. The van der Waals surface area contributed by atoms with Crippen LogP contribution >= 0.6 is 35.2 Å². The average Bonchev–Trinajstić information content (AvgIpc) is 3.47. The first-order valence-corrected chi connectivity index (χ1v) is 13.8. The highest BCUT2D eigenvalue weighted by atomic mass is 32.2. The van der Waals surface area contributed by atoms with E-state index in [1.807, 2.05) is 18.3 Å². The largest absolute Gasteiger partial charge is 0.496 e. The molecule has 2 aromatic carbocycles. The summed E-state index contributed by atoms with van der Waals surface area (Å²) in [5.41, 5.74) is 1.76. The van der Waals surface area contributed by atoms with Crippen LogP contribution in [-0.4, -0.2) is 29.1 Å². The molecule has 0 amide bonds. The van der Waals surface area contributed by atoms with Gasteiger partial charge in [-0.1, -0.05) is 41.4 Å². The maximum Gasteiger partial charge on any atom is 0.278 e. The zero-order chi connectivity index (χ0) is 25.7. The van der Waals surface area contributed by atoms with Crippen LogP contribution in [0.25, 0.3) is 11.0 Å². The molecule has 2 heterocycles. The zero-order valence-corrected chi connectivity index (χ0v) is 23.6. The van der Waals surface area contributed by atoms with Crippen LogP contribution in [0.5, 0.6) is 22.4 Å². The molecular weight excluding hydrogens is 517 g/mol. The molecule has 36 heavy (non-hydrogen) atoms. The third kappa shape index (κ3) is 6.58. The molecule has 0 atom stereocenters. The van der Waals surface area contributed by atoms with E-state index >= 15 is 0 Å². The highest BCUT2D eigenvalue weighted by molar-refractivity contribution is 8.00. The Morgan fingerprint density at radius 2 is 1.89 bits per heavy atom. The van der Waals surface area contributed by atoms with Gasteiger partial charge in [-0.25, -0.2) is 4.98 Å². The minimum atomic E-state index is 0.144. The molecule has 0 saturated carbocycles. The summed E-state index contributed by atoms with van der Waals surface area (Å²) in [6.07, 6.45) is 2.76. The minimum Gasteiger partial charge on any atom is -0.496 e. The number of methoxy groups -OCH3 is 2. The first kappa shape index (κ1) is 26.5. The number of ether oxygens (including phenoxy) is 3. The predicted molar refractivity (Wildman–Crippen MR) is 149 cm³/mol. The van der Waals surface area contributed by atoms with E-state index in [9.17, 15) is 0 Å². The van der Waals surface area contributed by atoms with Crippen LogP contribution in [0.2, 0.25) is 0 Å². The molecular formula is C25H30N4O4S3.